The van der Waals surface area contributed by atoms with Gasteiger partial charge in [-0.2, -0.15) is 0 Å². The van der Waals surface area contributed by atoms with Crippen LogP contribution >= 0.6 is 23.2 Å². The van der Waals surface area contributed by atoms with Crippen LogP contribution in [0.25, 0.3) is 0 Å². The van der Waals surface area contributed by atoms with Crippen LogP contribution in [-0.2, 0) is 6.54 Å². The second-order valence-corrected chi connectivity index (χ2v) is 5.90. The molecule has 2 rings (SSSR count). The molecule has 1 aliphatic carbocycles. The number of halogens is 2. The second kappa shape index (κ2) is 6.14. The van der Waals surface area contributed by atoms with E-state index in [1.807, 2.05) is 0 Å². The lowest BCUT2D eigenvalue weighted by Crippen LogP contribution is -2.28. The first-order valence-electron chi connectivity index (χ1n) is 6.50. The molecule has 0 amide bonds. The second-order valence-electron chi connectivity index (χ2n) is 5.06. The van der Waals surface area contributed by atoms with E-state index in [0.29, 0.717) is 22.6 Å². The highest BCUT2D eigenvalue weighted by atomic mass is 35.5. The average molecular weight is 288 g/mol. The molecule has 18 heavy (non-hydrogen) atoms. The van der Waals surface area contributed by atoms with E-state index in [9.17, 15) is 5.11 Å². The molecule has 0 spiro atoms. The van der Waals surface area contributed by atoms with Gasteiger partial charge >= 0.3 is 0 Å². The fourth-order valence-electron chi connectivity index (χ4n) is 2.16. The van der Waals surface area contributed by atoms with Crippen LogP contribution in [0.5, 0.6) is 5.75 Å². The number of hydrogen-bond acceptors (Lipinski definition) is 2. The zero-order valence-corrected chi connectivity index (χ0v) is 12.1. The molecule has 2 nitrogen and oxygen atoms in total. The third-order valence-electron chi connectivity index (χ3n) is 3.50. The molecular formula is C14H19Cl2NO. The van der Waals surface area contributed by atoms with Gasteiger partial charge in [-0.1, -0.05) is 43.0 Å². The van der Waals surface area contributed by atoms with E-state index < -0.39 is 0 Å². The zero-order chi connectivity index (χ0) is 13.1. The van der Waals surface area contributed by atoms with Crippen LogP contribution in [0.4, 0.5) is 0 Å². The molecule has 1 atom stereocenters. The predicted molar refractivity (Wildman–Crippen MR) is 76.4 cm³/mol. The summed E-state index contributed by atoms with van der Waals surface area (Å²) < 4.78 is 0. The number of benzene rings is 1. The van der Waals surface area contributed by atoms with Gasteiger partial charge in [0.2, 0.25) is 0 Å². The SMILES string of the molecule is CCC(CC1CC1)NCc1cc(Cl)cc(Cl)c1O. The van der Waals surface area contributed by atoms with Crippen LogP contribution in [0.2, 0.25) is 10.0 Å². The summed E-state index contributed by atoms with van der Waals surface area (Å²) in [5, 5.41) is 14.2. The summed E-state index contributed by atoms with van der Waals surface area (Å²) in [5.74, 6) is 1.04. The summed E-state index contributed by atoms with van der Waals surface area (Å²) in [5.41, 5.74) is 0.766. The molecule has 1 aromatic carbocycles. The molecule has 0 aromatic heterocycles. The third-order valence-corrected chi connectivity index (χ3v) is 4.00. The van der Waals surface area contributed by atoms with Crippen molar-refractivity contribution in [3.63, 3.8) is 0 Å². The highest BCUT2D eigenvalue weighted by Crippen LogP contribution is 2.34. The van der Waals surface area contributed by atoms with Crippen molar-refractivity contribution in [2.75, 3.05) is 0 Å². The van der Waals surface area contributed by atoms with E-state index in [2.05, 4.69) is 12.2 Å². The Kier molecular flexibility index (Phi) is 4.77. The van der Waals surface area contributed by atoms with Gasteiger partial charge in [0.1, 0.15) is 5.75 Å². The Balaban J connectivity index is 1.95. The monoisotopic (exact) mass is 287 g/mol. The van der Waals surface area contributed by atoms with Crippen molar-refractivity contribution in [1.29, 1.82) is 0 Å². The first-order chi connectivity index (χ1) is 8.60. The highest BCUT2D eigenvalue weighted by molar-refractivity contribution is 6.35. The normalized spacial score (nSPS) is 16.8. The minimum Gasteiger partial charge on any atom is -0.506 e. The molecule has 0 radical (unpaired) electrons. The molecule has 2 N–H and O–H groups in total. The maximum atomic E-state index is 9.87. The Morgan fingerprint density at radius 2 is 2.11 bits per heavy atom. The number of nitrogens with one attached hydrogen (secondary N) is 1. The van der Waals surface area contributed by atoms with Crippen molar-refractivity contribution in [3.8, 4) is 5.75 Å². The van der Waals surface area contributed by atoms with Gasteiger partial charge in [-0.25, -0.2) is 0 Å². The van der Waals surface area contributed by atoms with Crippen molar-refractivity contribution < 1.29 is 5.11 Å². The topological polar surface area (TPSA) is 32.3 Å². The van der Waals surface area contributed by atoms with Crippen LogP contribution in [0.3, 0.4) is 0 Å². The number of rotatable bonds is 6. The van der Waals surface area contributed by atoms with Crippen LogP contribution in [0, 0.1) is 5.92 Å². The largest absolute Gasteiger partial charge is 0.506 e. The summed E-state index contributed by atoms with van der Waals surface area (Å²) in [7, 11) is 0. The number of hydrogen-bond donors (Lipinski definition) is 2. The Morgan fingerprint density at radius 1 is 1.39 bits per heavy atom. The van der Waals surface area contributed by atoms with E-state index in [-0.39, 0.29) is 5.75 Å². The van der Waals surface area contributed by atoms with Gasteiger partial charge < -0.3 is 10.4 Å². The Morgan fingerprint density at radius 3 is 2.72 bits per heavy atom. The summed E-state index contributed by atoms with van der Waals surface area (Å²) >= 11 is 11.8. The zero-order valence-electron chi connectivity index (χ0n) is 10.5. The highest BCUT2D eigenvalue weighted by Gasteiger charge is 2.24. The molecule has 1 saturated carbocycles. The molecule has 0 saturated heterocycles. The van der Waals surface area contributed by atoms with Gasteiger partial charge in [0.15, 0.2) is 0 Å². The predicted octanol–water partition coefficient (Wildman–Crippen LogP) is 4.37. The van der Waals surface area contributed by atoms with Crippen molar-refractivity contribution in [2.24, 2.45) is 5.92 Å². The number of phenols is 1. The van der Waals surface area contributed by atoms with Crippen LogP contribution in [0.15, 0.2) is 12.1 Å². The van der Waals surface area contributed by atoms with Crippen LogP contribution in [-0.4, -0.2) is 11.1 Å². The van der Waals surface area contributed by atoms with Gasteiger partial charge in [-0.05, 0) is 30.9 Å². The molecule has 0 bridgehead atoms. The van der Waals surface area contributed by atoms with E-state index in [1.165, 1.54) is 19.3 Å². The van der Waals surface area contributed by atoms with E-state index in [1.54, 1.807) is 12.1 Å². The quantitative estimate of drug-likeness (QED) is 0.814. The third kappa shape index (κ3) is 3.78. The molecule has 4 heteroatoms. The Bertz CT molecular complexity index is 419. The average Bonchev–Trinajstić information content (AvgIpc) is 3.13. The van der Waals surface area contributed by atoms with Crippen molar-refractivity contribution in [1.82, 2.24) is 5.32 Å². The fourth-order valence-corrected chi connectivity index (χ4v) is 2.69. The molecule has 1 aromatic rings. The van der Waals surface area contributed by atoms with Gasteiger partial charge in [-0.15, -0.1) is 0 Å². The Labute approximate surface area is 118 Å². The summed E-state index contributed by atoms with van der Waals surface area (Å²) in [6.07, 6.45) is 5.07. The van der Waals surface area contributed by atoms with E-state index >= 15 is 0 Å². The molecule has 100 valence electrons. The van der Waals surface area contributed by atoms with Crippen molar-refractivity contribution in [3.05, 3.63) is 27.7 Å². The number of aromatic hydroxyl groups is 1. The fraction of sp³-hybridized carbons (Fsp3) is 0.571. The van der Waals surface area contributed by atoms with Gasteiger partial charge in [-0.3, -0.25) is 0 Å². The standard InChI is InChI=1S/C14H19Cl2NO/c1-2-12(5-9-3-4-9)17-8-10-6-11(15)7-13(16)14(10)18/h6-7,9,12,17-18H,2-5,8H2,1H3. The summed E-state index contributed by atoms with van der Waals surface area (Å²) in [6, 6.07) is 3.83. The van der Waals surface area contributed by atoms with E-state index in [0.717, 1.165) is 17.9 Å². The minimum atomic E-state index is 0.134. The van der Waals surface area contributed by atoms with Gasteiger partial charge in [0, 0.05) is 23.2 Å². The van der Waals surface area contributed by atoms with Gasteiger partial charge in [0.25, 0.3) is 0 Å². The van der Waals surface area contributed by atoms with Crippen molar-refractivity contribution >= 4 is 23.2 Å². The lowest BCUT2D eigenvalue weighted by molar-refractivity contribution is 0.429. The summed E-state index contributed by atoms with van der Waals surface area (Å²) in [6.45, 7) is 2.79. The number of phenolic OH excluding ortho intramolecular Hbond substituents is 1. The van der Waals surface area contributed by atoms with Crippen LogP contribution in [0.1, 0.15) is 38.2 Å². The minimum absolute atomic E-state index is 0.134. The first-order valence-corrected chi connectivity index (χ1v) is 7.26. The molecule has 0 heterocycles. The maximum absolute atomic E-state index is 9.87. The lowest BCUT2D eigenvalue weighted by atomic mass is 10.1. The molecule has 0 aliphatic heterocycles. The molecule has 1 fully saturated rings. The van der Waals surface area contributed by atoms with E-state index in [4.69, 9.17) is 23.2 Å². The molecule has 1 unspecified atom stereocenters. The van der Waals surface area contributed by atoms with Crippen molar-refractivity contribution in [2.45, 2.75) is 45.2 Å². The molecular weight excluding hydrogens is 269 g/mol. The van der Waals surface area contributed by atoms with Crippen LogP contribution < -0.4 is 5.32 Å². The van der Waals surface area contributed by atoms with Gasteiger partial charge in [0.05, 0.1) is 5.02 Å². The molecule has 1 aliphatic rings. The summed E-state index contributed by atoms with van der Waals surface area (Å²) in [4.78, 5) is 0. The smallest absolute Gasteiger partial charge is 0.138 e. The maximum Gasteiger partial charge on any atom is 0.138 e. The first kappa shape index (κ1) is 14.0. The Hall–Kier alpha value is -0.440. The lowest BCUT2D eigenvalue weighted by Gasteiger charge is -2.17.